The fourth-order valence-corrected chi connectivity index (χ4v) is 20.4. The third-order valence-electron chi connectivity index (χ3n) is 24.2. The van der Waals surface area contributed by atoms with E-state index in [1.54, 1.807) is 47.4 Å². The number of hydrogen-bond donors (Lipinski definition) is 10. The molecular weight excluding hydrogens is 2150 g/mol. The van der Waals surface area contributed by atoms with Crippen molar-refractivity contribution in [2.24, 2.45) is 56.1 Å². The van der Waals surface area contributed by atoms with E-state index in [2.05, 4.69) is 88.3 Å². The first-order valence-electron chi connectivity index (χ1n) is 44.0. The highest BCUT2D eigenvalue weighted by Crippen LogP contribution is 2.42. The third-order valence-corrected chi connectivity index (χ3v) is 28.4. The number of aryl methyl sites for hydroxylation is 1. The lowest BCUT2D eigenvalue weighted by Crippen LogP contribution is -2.33. The standard InChI is InChI=1S/C24H23ClF4N4O5S.C23H25BrFN5O5S.C22H23ClFN5O5S.C21H22F3N5O5S2/c25-20-7-15(10-33(20)9-13-2-1-3-17(4-13)24(27,28)29)22(34)18-8-31-12-32-19(18)6-14-5-16(23(35)21(14)26)11-38-39(30,36)37;1-13-5-15(10-30(13)9-14-3-2-4-17(24)6-14)21(31)18-8-27-12-28-23(18)29-19-7-16(22(32)20(19)25)11-35-36(26,33)34;23-18-8-16(24)2-1-14(18)10-29-4-3-19(28-29)22(31)17-9-26-12-27-20(17)6-13-5-15(21(30)7-13)11-34-35(25,32)33;22-21(23,24)18-2-1-15(35-18)9-29-4-3-12(8-29)19(31)16-7-26-11-27-20(16)28-14-5-13(17(30)6-14)10-34-36(25,32)33/h1-4,7-8,10,12,14,16,21,23,35H,5-6,9,11H2,(H2,30,36,37);2-6,8,10,12,16,19-20,22,32H,7,9,11H2,1H3,(H2,26,33,34)(H,27,28,29);1-4,8-9,12-13,15,21,30H,5-7,10-11H2,(H2,25,32,33);1-4,7-8,11,13-14,17,30H,5-6,9-10H2,(H2,25,32,33)(H,26,27,28)/t14-,16+,21+,23+;16-,19-,20-,22-;13-,15+,21-;13-,14-,17+/m0101/s1. The van der Waals surface area contributed by atoms with Crippen LogP contribution in [0.25, 0.3) is 0 Å². The van der Waals surface area contributed by atoms with Gasteiger partial charge in [-0.2, -0.15) is 65.1 Å². The van der Waals surface area contributed by atoms with Gasteiger partial charge in [0.1, 0.15) is 70.8 Å². The number of anilines is 2. The number of rotatable bonds is 36. The van der Waals surface area contributed by atoms with E-state index in [4.69, 9.17) is 43.8 Å². The number of aliphatic hydroxyl groups is 4. The Morgan fingerprint density at radius 2 is 1.04 bits per heavy atom. The molecule has 782 valence electrons. The van der Waals surface area contributed by atoms with Gasteiger partial charge in [-0.25, -0.2) is 73.6 Å². The number of alkyl halides is 8. The molecule has 0 aliphatic heterocycles. The molecule has 39 nitrogen and oxygen atoms in total. The van der Waals surface area contributed by atoms with Crippen LogP contribution in [0.1, 0.15) is 151 Å². The maximum Gasteiger partial charge on any atom is 0.425 e. The summed E-state index contributed by atoms with van der Waals surface area (Å²) in [7, 11) is -16.7. The quantitative estimate of drug-likeness (QED) is 0.0129. The van der Waals surface area contributed by atoms with Crippen molar-refractivity contribution >= 4 is 126 Å². The Labute approximate surface area is 850 Å². The van der Waals surface area contributed by atoms with Crippen LogP contribution in [0.2, 0.25) is 10.2 Å². The Kier molecular flexibility index (Phi) is 36.8. The van der Waals surface area contributed by atoms with Crippen molar-refractivity contribution in [3.63, 3.8) is 0 Å². The molecule has 4 aliphatic carbocycles. The van der Waals surface area contributed by atoms with Crippen LogP contribution in [0.15, 0.2) is 189 Å². The van der Waals surface area contributed by atoms with Crippen LogP contribution in [0, 0.1) is 48.2 Å². The highest BCUT2D eigenvalue weighted by molar-refractivity contribution is 9.10. The van der Waals surface area contributed by atoms with E-state index < -0.39 is 167 Å². The van der Waals surface area contributed by atoms with Crippen LogP contribution in [0.3, 0.4) is 0 Å². The van der Waals surface area contributed by atoms with E-state index in [0.29, 0.717) is 76.4 Å². The van der Waals surface area contributed by atoms with Gasteiger partial charge in [-0.3, -0.25) is 40.6 Å². The molecule has 56 heteroatoms. The van der Waals surface area contributed by atoms with Crippen molar-refractivity contribution < 1.29 is 130 Å². The largest absolute Gasteiger partial charge is 0.425 e. The SMILES string of the molecule is Cc1cc(C(=O)c2cncnc2N[C@@H]2C[C@H](COS(N)(=O)=O)[C@@H](O)[C@@H]2F)cn1Cc1cccc(Br)c1.NS(=O)(=O)OC[C@H]1C[C@@H](Cc2ncncc2C(=O)c2cc(Cl)n(Cc3cccc(C(F)(F)F)c3)c2)[C@@H](F)[C@@H]1O.NS(=O)(=O)OC[C@H]1C[C@@H](Cc2ncncc2C(=O)c2ccn(Cc3ccc(F)cc3Cl)n2)C[C@@H]1O.NS(=O)(=O)OC[C@H]1C[C@@H](Nc2ncncc2C(=O)c2ccn(Cc3ccc(C(F)(F)F)s3)c2)C[C@@H]1O. The van der Waals surface area contributed by atoms with Crippen molar-refractivity contribution in [2.75, 3.05) is 37.1 Å². The van der Waals surface area contributed by atoms with Crippen molar-refractivity contribution in [1.82, 2.24) is 63.4 Å². The van der Waals surface area contributed by atoms with Gasteiger partial charge in [-0.1, -0.05) is 69.5 Å². The number of hydrogen-bond acceptors (Lipinski definition) is 32. The van der Waals surface area contributed by atoms with Gasteiger partial charge in [0.05, 0.1) is 109 Å². The Bertz CT molecular complexity index is 7190. The first-order valence-corrected chi connectivity index (χ1v) is 52.3. The van der Waals surface area contributed by atoms with Crippen LogP contribution < -0.4 is 31.2 Å². The maximum atomic E-state index is 14.9. The van der Waals surface area contributed by atoms with Crippen molar-refractivity contribution in [3.8, 4) is 0 Å². The summed E-state index contributed by atoms with van der Waals surface area (Å²) >= 11 is 16.4. The second-order valence-electron chi connectivity index (χ2n) is 34.8. The second kappa shape index (κ2) is 47.9. The highest BCUT2D eigenvalue weighted by Gasteiger charge is 2.47. The monoisotopic (exact) mass is 2240 g/mol. The molecule has 4 aliphatic rings. The zero-order valence-electron chi connectivity index (χ0n) is 76.2. The zero-order chi connectivity index (χ0) is 106. The second-order valence-corrected chi connectivity index (χ2v) is 42.6. The molecule has 0 radical (unpaired) electrons. The smallest absolute Gasteiger partial charge is 0.393 e. The summed E-state index contributed by atoms with van der Waals surface area (Å²) < 4.78 is 235. The molecule has 3 aromatic carbocycles. The van der Waals surface area contributed by atoms with E-state index in [-0.39, 0.29) is 143 Å². The minimum Gasteiger partial charge on any atom is -0.393 e. The van der Waals surface area contributed by atoms with Gasteiger partial charge in [-0.15, -0.1) is 11.3 Å². The molecule has 146 heavy (non-hydrogen) atoms. The van der Waals surface area contributed by atoms with E-state index in [1.165, 1.54) is 108 Å². The molecule has 0 saturated heterocycles. The number of nitrogens with one attached hydrogen (secondary N) is 2. The molecule has 0 spiro atoms. The van der Waals surface area contributed by atoms with Gasteiger partial charge in [0.2, 0.25) is 5.78 Å². The molecule has 9 aromatic heterocycles. The molecule has 14 atom stereocenters. The number of aromatic nitrogens is 13. The maximum absolute atomic E-state index is 14.9. The predicted molar refractivity (Wildman–Crippen MR) is 511 cm³/mol. The minimum absolute atomic E-state index is 0.0281. The lowest BCUT2D eigenvalue weighted by Gasteiger charge is -2.18. The molecule has 0 amide bonds. The van der Waals surface area contributed by atoms with Crippen molar-refractivity contribution in [2.45, 2.75) is 146 Å². The number of carbonyl (C=O) groups is 4. The number of halogens is 12. The van der Waals surface area contributed by atoms with E-state index in [0.717, 1.165) is 33.9 Å². The number of benzene rings is 3. The van der Waals surface area contributed by atoms with Crippen LogP contribution in [0.5, 0.6) is 0 Å². The summed E-state index contributed by atoms with van der Waals surface area (Å²) in [5.74, 6) is -5.12. The van der Waals surface area contributed by atoms with E-state index in [9.17, 15) is 113 Å². The zero-order valence-corrected chi connectivity index (χ0v) is 83.4. The fraction of sp³-hybridized carbons (Fsp3) is 0.367. The fourth-order valence-electron chi connectivity index (χ4n) is 17.2. The molecule has 4 fully saturated rings. The van der Waals surface area contributed by atoms with Crippen LogP contribution in [-0.2, 0) is 109 Å². The number of ketones is 4. The summed E-state index contributed by atoms with van der Waals surface area (Å²) in [5, 5.41) is 70.9. The number of carbonyl (C=O) groups excluding carboxylic acids is 4. The van der Waals surface area contributed by atoms with E-state index >= 15 is 0 Å². The van der Waals surface area contributed by atoms with Gasteiger partial charge in [0, 0.05) is 135 Å². The normalized spacial score (nSPS) is 21.2. The Hall–Kier alpha value is -11.2. The Balaban J connectivity index is 0.000000163. The molecule has 4 saturated carbocycles. The van der Waals surface area contributed by atoms with Gasteiger partial charge in [0.25, 0.3) is 0 Å². The molecule has 0 bridgehead atoms. The first kappa shape index (κ1) is 112. The lowest BCUT2D eigenvalue weighted by molar-refractivity contribution is -0.137. The summed E-state index contributed by atoms with van der Waals surface area (Å²) in [6.07, 6.45) is 3.23. The highest BCUT2D eigenvalue weighted by atomic mass is 79.9. The number of nitrogens with zero attached hydrogens (tertiary/aromatic N) is 13. The molecule has 9 heterocycles. The number of thiophene rings is 1. The van der Waals surface area contributed by atoms with Crippen molar-refractivity contribution in [3.05, 3.63) is 298 Å². The first-order chi connectivity index (χ1) is 68.7. The van der Waals surface area contributed by atoms with Crippen LogP contribution in [0.4, 0.5) is 51.1 Å². The summed E-state index contributed by atoms with van der Waals surface area (Å²) in [5.41, 5.74) is 4.47. The summed E-state index contributed by atoms with van der Waals surface area (Å²) in [4.78, 5) is 85.2. The summed E-state index contributed by atoms with van der Waals surface area (Å²) in [6, 6.07) is 24.1. The van der Waals surface area contributed by atoms with Gasteiger partial charge in [0.15, 0.2) is 17.3 Å². The average molecular weight is 2240 g/mol. The molecule has 12 aromatic rings. The van der Waals surface area contributed by atoms with Gasteiger partial charge < -0.3 is 44.8 Å². The van der Waals surface area contributed by atoms with Crippen LogP contribution in [-0.4, -0.2) is 216 Å². The van der Waals surface area contributed by atoms with E-state index in [1.807, 2.05) is 35.8 Å². The van der Waals surface area contributed by atoms with Gasteiger partial charge >= 0.3 is 53.6 Å². The van der Waals surface area contributed by atoms with Gasteiger partial charge in [-0.05, 0) is 160 Å². The van der Waals surface area contributed by atoms with Crippen LogP contribution >= 0.6 is 50.5 Å². The minimum atomic E-state index is -4.51. The molecule has 16 rings (SSSR count). The predicted octanol–water partition coefficient (Wildman–Crippen LogP) is 9.98. The third kappa shape index (κ3) is 31.0. The Morgan fingerprint density at radius 3 is 1.64 bits per heavy atom. The molecule has 0 unspecified atom stereocenters. The summed E-state index contributed by atoms with van der Waals surface area (Å²) in [6.45, 7) is 1.44. The average Bonchev–Trinajstić information content (AvgIpc) is 1.66. The molecule has 14 N–H and O–H groups in total. The molecular formula is C90H93BrCl2F9N19O20S5. The Morgan fingerprint density at radius 1 is 0.514 bits per heavy atom. The number of nitrogens with two attached hydrogens (primary N) is 4. The van der Waals surface area contributed by atoms with Crippen molar-refractivity contribution in [1.29, 1.82) is 0 Å². The topological polar surface area (TPSA) is 587 Å². The number of aliphatic hydroxyl groups excluding tert-OH is 4. The lowest BCUT2D eigenvalue weighted by atomic mass is 9.95.